The maximum absolute atomic E-state index is 12.5. The number of amides is 2. The topological polar surface area (TPSA) is 117 Å². The number of aliphatic imine (C=N–C) groups is 1. The molecule has 0 aliphatic carbocycles. The van der Waals surface area contributed by atoms with Gasteiger partial charge in [0.25, 0.3) is 5.91 Å². The number of hydrogen-bond donors (Lipinski definition) is 2. The summed E-state index contributed by atoms with van der Waals surface area (Å²) in [6.07, 6.45) is 2.86. The highest BCUT2D eigenvalue weighted by Crippen LogP contribution is 2.29. The van der Waals surface area contributed by atoms with Gasteiger partial charge in [-0.15, -0.1) is 0 Å². The zero-order chi connectivity index (χ0) is 29.0. The summed E-state index contributed by atoms with van der Waals surface area (Å²) < 4.78 is 32.8. The molecule has 3 aromatic rings. The lowest BCUT2D eigenvalue weighted by atomic mass is 10.0. The maximum atomic E-state index is 12.5. The van der Waals surface area contributed by atoms with Gasteiger partial charge in [-0.2, -0.15) is 12.7 Å². The predicted octanol–water partition coefficient (Wildman–Crippen LogP) is 4.53. The van der Waals surface area contributed by atoms with E-state index in [0.29, 0.717) is 33.8 Å². The van der Waals surface area contributed by atoms with Crippen LogP contribution in [-0.4, -0.2) is 36.2 Å². The molecule has 2 heterocycles. The van der Waals surface area contributed by atoms with Crippen LogP contribution in [0.1, 0.15) is 36.1 Å². The second kappa shape index (κ2) is 12.3. The van der Waals surface area contributed by atoms with Crippen molar-refractivity contribution >= 4 is 50.7 Å². The zero-order valence-electron chi connectivity index (χ0n) is 22.7. The molecule has 2 saturated heterocycles. The summed E-state index contributed by atoms with van der Waals surface area (Å²) in [4.78, 5) is 28.9. The third-order valence-electron chi connectivity index (χ3n) is 6.33. The van der Waals surface area contributed by atoms with Gasteiger partial charge in [0, 0.05) is 6.54 Å². The second-order valence-corrected chi connectivity index (χ2v) is 12.9. The highest BCUT2D eigenvalue weighted by Gasteiger charge is 2.33. The van der Waals surface area contributed by atoms with E-state index in [9.17, 15) is 18.0 Å². The lowest BCUT2D eigenvalue weighted by Gasteiger charge is -2.12. The average Bonchev–Trinajstić information content (AvgIpc) is 3.40. The van der Waals surface area contributed by atoms with Crippen LogP contribution in [-0.2, 0) is 39.4 Å². The van der Waals surface area contributed by atoms with Gasteiger partial charge in [-0.1, -0.05) is 62.4 Å². The van der Waals surface area contributed by atoms with Gasteiger partial charge in [-0.25, -0.2) is 9.71 Å². The Kier molecular flexibility index (Phi) is 8.57. The van der Waals surface area contributed by atoms with Crippen molar-refractivity contribution in [1.29, 1.82) is 0 Å². The van der Waals surface area contributed by atoms with E-state index < -0.39 is 16.1 Å². The maximum Gasteiger partial charge on any atom is 0.304 e. The van der Waals surface area contributed by atoms with Crippen LogP contribution in [0, 0.1) is 5.92 Å². The molecule has 41 heavy (non-hydrogen) atoms. The van der Waals surface area contributed by atoms with Crippen molar-refractivity contribution in [3.8, 4) is 5.75 Å². The molecule has 2 aliphatic rings. The van der Waals surface area contributed by atoms with Crippen molar-refractivity contribution in [3.05, 3.63) is 100.0 Å². The van der Waals surface area contributed by atoms with Crippen molar-refractivity contribution < 1.29 is 22.7 Å². The zero-order valence-corrected chi connectivity index (χ0v) is 24.3. The minimum Gasteiger partial charge on any atom is -0.489 e. The third-order valence-corrected chi connectivity index (χ3v) is 8.66. The Balaban J connectivity index is 1.16. The number of rotatable bonds is 9. The van der Waals surface area contributed by atoms with Crippen LogP contribution in [0.3, 0.4) is 0 Å². The lowest BCUT2D eigenvalue weighted by Crippen LogP contribution is -2.29. The van der Waals surface area contributed by atoms with Gasteiger partial charge in [0.2, 0.25) is 5.91 Å². The standard InChI is InChI=1S/C30H30N4O5S2/c1-20(2)15-21-3-5-24(6-4-21)19-39-26-13-9-22(10-14-26)16-27-29(36)32-30(40-27)31-25-11-7-23(8-12-25)17-34-18-28(35)33-41(34,37)38/h3-14,16,20H,15,17-19H2,1-2H3,(H,33,35)(H,31,32,36). The number of amidine groups is 1. The number of nitrogens with zero attached hydrogens (tertiary/aromatic N) is 2. The average molecular weight is 591 g/mol. The number of thioether (sulfide) groups is 1. The lowest BCUT2D eigenvalue weighted by molar-refractivity contribution is -0.118. The molecule has 0 unspecified atom stereocenters. The van der Waals surface area contributed by atoms with Crippen molar-refractivity contribution in [2.24, 2.45) is 10.9 Å². The number of hydrogen-bond acceptors (Lipinski definition) is 7. The molecule has 2 fully saturated rings. The highest BCUT2D eigenvalue weighted by molar-refractivity contribution is 8.18. The molecule has 0 spiro atoms. The molecule has 0 atom stereocenters. The van der Waals surface area contributed by atoms with E-state index in [2.05, 4.69) is 48.4 Å². The number of benzene rings is 3. The van der Waals surface area contributed by atoms with Crippen molar-refractivity contribution in [2.45, 2.75) is 33.4 Å². The van der Waals surface area contributed by atoms with Gasteiger partial charge in [-0.3, -0.25) is 9.59 Å². The normalized spacial score (nSPS) is 18.7. The smallest absolute Gasteiger partial charge is 0.304 e. The van der Waals surface area contributed by atoms with Gasteiger partial charge in [0.05, 0.1) is 17.1 Å². The Bertz CT molecular complexity index is 1600. The van der Waals surface area contributed by atoms with E-state index in [4.69, 9.17) is 4.74 Å². The van der Waals surface area contributed by atoms with E-state index in [1.54, 1.807) is 30.3 Å². The number of carbonyl (C=O) groups is 2. The molecule has 0 saturated carbocycles. The van der Waals surface area contributed by atoms with Gasteiger partial charge >= 0.3 is 10.2 Å². The molecule has 2 amide bonds. The minimum absolute atomic E-state index is 0.0751. The molecular formula is C30H30N4O5S2. The van der Waals surface area contributed by atoms with Gasteiger partial charge < -0.3 is 10.1 Å². The van der Waals surface area contributed by atoms with Crippen molar-refractivity contribution in [2.75, 3.05) is 6.54 Å². The molecule has 3 aromatic carbocycles. The largest absolute Gasteiger partial charge is 0.489 e. The monoisotopic (exact) mass is 590 g/mol. The molecule has 11 heteroatoms. The first-order valence-corrected chi connectivity index (χ1v) is 15.4. The Morgan fingerprint density at radius 2 is 1.61 bits per heavy atom. The van der Waals surface area contributed by atoms with E-state index in [1.807, 2.05) is 29.0 Å². The molecule has 2 aliphatic heterocycles. The van der Waals surface area contributed by atoms with Crippen LogP contribution < -0.4 is 14.8 Å². The second-order valence-electron chi connectivity index (χ2n) is 10.2. The van der Waals surface area contributed by atoms with Crippen LogP contribution in [0.5, 0.6) is 5.75 Å². The minimum atomic E-state index is -3.78. The van der Waals surface area contributed by atoms with Crippen molar-refractivity contribution in [1.82, 2.24) is 14.3 Å². The van der Waals surface area contributed by atoms with Gasteiger partial charge in [-0.05, 0) is 76.7 Å². The van der Waals surface area contributed by atoms with Gasteiger partial charge in [0.15, 0.2) is 5.17 Å². The molecule has 212 valence electrons. The number of nitrogens with one attached hydrogen (secondary N) is 2. The van der Waals surface area contributed by atoms with Crippen LogP contribution in [0.25, 0.3) is 6.08 Å². The first kappa shape index (κ1) is 28.6. The summed E-state index contributed by atoms with van der Waals surface area (Å²) >= 11 is 1.24. The Morgan fingerprint density at radius 3 is 2.24 bits per heavy atom. The predicted molar refractivity (Wildman–Crippen MR) is 160 cm³/mol. The van der Waals surface area contributed by atoms with E-state index in [-0.39, 0.29) is 19.0 Å². The summed E-state index contributed by atoms with van der Waals surface area (Å²) in [6.45, 7) is 4.78. The summed E-state index contributed by atoms with van der Waals surface area (Å²) in [6, 6.07) is 23.0. The Morgan fingerprint density at radius 1 is 0.951 bits per heavy atom. The molecular weight excluding hydrogens is 560 g/mol. The molecule has 0 bridgehead atoms. The summed E-state index contributed by atoms with van der Waals surface area (Å²) in [5.41, 5.74) is 4.61. The third kappa shape index (κ3) is 7.63. The molecule has 2 N–H and O–H groups in total. The number of ether oxygens (including phenoxy) is 1. The Hall–Kier alpha value is -3.93. The van der Waals surface area contributed by atoms with Crippen LogP contribution in [0.4, 0.5) is 5.69 Å². The fraction of sp³-hybridized carbons (Fsp3) is 0.233. The fourth-order valence-corrected chi connectivity index (χ4v) is 6.25. The van der Waals surface area contributed by atoms with E-state index in [0.717, 1.165) is 27.6 Å². The molecule has 0 radical (unpaired) electrons. The molecule has 5 rings (SSSR count). The van der Waals surface area contributed by atoms with Crippen LogP contribution >= 0.6 is 11.8 Å². The summed E-state index contributed by atoms with van der Waals surface area (Å²) in [5.74, 6) is 0.593. The van der Waals surface area contributed by atoms with Crippen molar-refractivity contribution in [3.63, 3.8) is 0 Å². The van der Waals surface area contributed by atoms with Gasteiger partial charge in [0.1, 0.15) is 12.4 Å². The SMILES string of the molecule is CC(C)Cc1ccc(COc2ccc(C=C3SC(=Nc4ccc(CN5CC(=O)NS5(=O)=O)cc4)NC3=O)cc2)cc1. The summed E-state index contributed by atoms with van der Waals surface area (Å²) in [7, 11) is -3.78. The fourth-order valence-electron chi connectivity index (χ4n) is 4.33. The highest BCUT2D eigenvalue weighted by atomic mass is 32.2. The van der Waals surface area contributed by atoms with Crippen LogP contribution in [0.2, 0.25) is 0 Å². The number of carbonyl (C=O) groups excluding carboxylic acids is 2. The quantitative estimate of drug-likeness (QED) is 0.354. The molecule has 0 aromatic heterocycles. The first-order valence-electron chi connectivity index (χ1n) is 13.1. The van der Waals surface area contributed by atoms with E-state index in [1.165, 1.54) is 17.3 Å². The Labute approximate surface area is 243 Å². The van der Waals surface area contributed by atoms with E-state index >= 15 is 0 Å². The first-order chi connectivity index (χ1) is 19.6. The molecule has 9 nitrogen and oxygen atoms in total. The van der Waals surface area contributed by atoms with Crippen LogP contribution in [0.15, 0.2) is 82.7 Å². The summed E-state index contributed by atoms with van der Waals surface area (Å²) in [5, 5.41) is 3.22.